The van der Waals surface area contributed by atoms with Gasteiger partial charge in [-0.2, -0.15) is 0 Å². The monoisotopic (exact) mass is 254 g/mol. The molecule has 0 saturated heterocycles. The number of H-pyrrole nitrogens is 1. The Morgan fingerprint density at radius 2 is 2.11 bits per heavy atom. The first kappa shape index (κ1) is 11.7. The highest BCUT2D eigenvalue weighted by atomic mass is 16.1. The Kier molecular flexibility index (Phi) is 2.91. The summed E-state index contributed by atoms with van der Waals surface area (Å²) < 4.78 is 0. The van der Waals surface area contributed by atoms with E-state index in [-0.39, 0.29) is 11.5 Å². The van der Waals surface area contributed by atoms with Gasteiger partial charge in [0.25, 0.3) is 5.56 Å². The van der Waals surface area contributed by atoms with Crippen molar-refractivity contribution in [1.82, 2.24) is 10.3 Å². The van der Waals surface area contributed by atoms with Crippen LogP contribution in [0, 0.1) is 0 Å². The lowest BCUT2D eigenvalue weighted by Crippen LogP contribution is -2.23. The molecule has 1 aromatic carbocycles. The number of hydrogen-bond acceptors (Lipinski definition) is 2. The second kappa shape index (κ2) is 4.72. The fraction of sp³-hybridized carbons (Fsp3) is 0.200. The molecule has 1 saturated carbocycles. The molecule has 1 amide bonds. The van der Waals surface area contributed by atoms with E-state index in [9.17, 15) is 9.59 Å². The number of hydrogen-bond donors (Lipinski definition) is 2. The third-order valence-electron chi connectivity index (χ3n) is 3.12. The van der Waals surface area contributed by atoms with Crippen LogP contribution in [0.25, 0.3) is 17.0 Å². The minimum atomic E-state index is -0.186. The van der Waals surface area contributed by atoms with E-state index in [1.54, 1.807) is 12.1 Å². The van der Waals surface area contributed by atoms with E-state index >= 15 is 0 Å². The highest BCUT2D eigenvalue weighted by Crippen LogP contribution is 2.18. The summed E-state index contributed by atoms with van der Waals surface area (Å²) in [7, 11) is 0. The zero-order valence-corrected chi connectivity index (χ0v) is 10.3. The molecule has 0 atom stereocenters. The Morgan fingerprint density at radius 3 is 2.89 bits per heavy atom. The van der Waals surface area contributed by atoms with Crippen LogP contribution in [0.5, 0.6) is 0 Å². The number of rotatable bonds is 3. The van der Waals surface area contributed by atoms with Crippen LogP contribution in [0.1, 0.15) is 18.4 Å². The van der Waals surface area contributed by atoms with Crippen molar-refractivity contribution in [3.05, 3.63) is 52.3 Å². The second-order valence-electron chi connectivity index (χ2n) is 4.76. The lowest BCUT2D eigenvalue weighted by molar-refractivity contribution is -0.116. The molecule has 0 aliphatic heterocycles. The highest BCUT2D eigenvalue weighted by molar-refractivity contribution is 5.92. The average molecular weight is 254 g/mol. The van der Waals surface area contributed by atoms with Gasteiger partial charge in [0.15, 0.2) is 0 Å². The number of amides is 1. The Morgan fingerprint density at radius 1 is 1.32 bits per heavy atom. The maximum absolute atomic E-state index is 11.8. The Balaban J connectivity index is 1.87. The summed E-state index contributed by atoms with van der Waals surface area (Å²) in [6, 6.07) is 9.67. The zero-order valence-electron chi connectivity index (χ0n) is 10.3. The van der Waals surface area contributed by atoms with Crippen LogP contribution in [0.4, 0.5) is 0 Å². The van der Waals surface area contributed by atoms with Crippen LogP contribution in [0.3, 0.4) is 0 Å². The van der Waals surface area contributed by atoms with E-state index in [1.165, 1.54) is 6.08 Å². The third kappa shape index (κ3) is 2.73. The summed E-state index contributed by atoms with van der Waals surface area (Å²) in [4.78, 5) is 26.2. The van der Waals surface area contributed by atoms with Crippen LogP contribution >= 0.6 is 0 Å². The molecule has 4 heteroatoms. The average Bonchev–Trinajstić information content (AvgIpc) is 3.20. The molecule has 1 aromatic heterocycles. The predicted octanol–water partition coefficient (Wildman–Crippen LogP) is 1.82. The lowest BCUT2D eigenvalue weighted by atomic mass is 10.1. The van der Waals surface area contributed by atoms with Gasteiger partial charge in [0.2, 0.25) is 5.91 Å². The van der Waals surface area contributed by atoms with Gasteiger partial charge in [-0.1, -0.05) is 18.2 Å². The number of para-hydroxylation sites is 1. The number of aromatic amines is 1. The topological polar surface area (TPSA) is 62.0 Å². The van der Waals surface area contributed by atoms with Crippen molar-refractivity contribution in [2.75, 3.05) is 0 Å². The molecule has 96 valence electrons. The van der Waals surface area contributed by atoms with Gasteiger partial charge in [-0.15, -0.1) is 0 Å². The van der Waals surface area contributed by atoms with Gasteiger partial charge in [0.1, 0.15) is 0 Å². The van der Waals surface area contributed by atoms with Gasteiger partial charge in [-0.05, 0) is 36.4 Å². The van der Waals surface area contributed by atoms with E-state index in [2.05, 4.69) is 10.3 Å². The molecule has 0 radical (unpaired) electrons. The molecule has 1 fully saturated rings. The molecular formula is C15H14N2O2. The van der Waals surface area contributed by atoms with E-state index in [4.69, 9.17) is 0 Å². The molecule has 1 aliphatic rings. The Hall–Kier alpha value is -2.36. The van der Waals surface area contributed by atoms with Crippen LogP contribution < -0.4 is 10.9 Å². The number of nitrogens with one attached hydrogen (secondary N) is 2. The second-order valence-corrected chi connectivity index (χ2v) is 4.76. The molecule has 2 N–H and O–H groups in total. The van der Waals surface area contributed by atoms with Crippen molar-refractivity contribution in [3.8, 4) is 0 Å². The number of carbonyl (C=O) groups is 1. The maximum Gasteiger partial charge on any atom is 0.255 e. The Labute approximate surface area is 110 Å². The van der Waals surface area contributed by atoms with E-state index in [0.717, 1.165) is 23.7 Å². The van der Waals surface area contributed by atoms with E-state index in [1.807, 2.05) is 24.3 Å². The first-order chi connectivity index (χ1) is 9.22. The molecule has 0 spiro atoms. The summed E-state index contributed by atoms with van der Waals surface area (Å²) in [6.07, 6.45) is 5.08. The number of carbonyl (C=O) groups excluding carboxylic acids is 1. The van der Waals surface area contributed by atoms with Crippen molar-refractivity contribution in [2.24, 2.45) is 0 Å². The standard InChI is InChI=1S/C15H14N2O2/c18-14(16-12-6-7-12)8-5-11-9-10-3-1-2-4-13(10)17-15(11)19/h1-5,8-9,12H,6-7H2,(H,16,18)(H,17,19)/b8-5+. The number of aromatic nitrogens is 1. The molecule has 3 rings (SSSR count). The Bertz CT molecular complexity index is 711. The van der Waals surface area contributed by atoms with Gasteiger partial charge < -0.3 is 10.3 Å². The van der Waals surface area contributed by atoms with Crippen molar-refractivity contribution >= 4 is 22.9 Å². The third-order valence-corrected chi connectivity index (χ3v) is 3.12. The largest absolute Gasteiger partial charge is 0.350 e. The molecule has 19 heavy (non-hydrogen) atoms. The first-order valence-corrected chi connectivity index (χ1v) is 6.33. The molecule has 1 aliphatic carbocycles. The summed E-state index contributed by atoms with van der Waals surface area (Å²) in [5.74, 6) is -0.143. The summed E-state index contributed by atoms with van der Waals surface area (Å²) in [5, 5.41) is 3.79. The fourth-order valence-electron chi connectivity index (χ4n) is 1.93. The van der Waals surface area contributed by atoms with Gasteiger partial charge in [-0.25, -0.2) is 0 Å². The SMILES string of the molecule is O=C(/C=C/c1cc2ccccc2[nH]c1=O)NC1CC1. The summed E-state index contributed by atoms with van der Waals surface area (Å²) in [5.41, 5.74) is 1.10. The van der Waals surface area contributed by atoms with Crippen LogP contribution in [0.15, 0.2) is 41.2 Å². The number of benzene rings is 1. The van der Waals surface area contributed by atoms with Crippen molar-refractivity contribution in [3.63, 3.8) is 0 Å². The quantitative estimate of drug-likeness (QED) is 0.821. The van der Waals surface area contributed by atoms with Crippen LogP contribution in [-0.4, -0.2) is 16.9 Å². The minimum absolute atomic E-state index is 0.143. The normalized spacial score (nSPS) is 14.9. The molecule has 0 bridgehead atoms. The van der Waals surface area contributed by atoms with Gasteiger partial charge in [0.05, 0.1) is 0 Å². The van der Waals surface area contributed by atoms with Gasteiger partial charge in [-0.3, -0.25) is 9.59 Å². The minimum Gasteiger partial charge on any atom is -0.350 e. The number of pyridine rings is 1. The summed E-state index contributed by atoms with van der Waals surface area (Å²) in [6.45, 7) is 0. The van der Waals surface area contributed by atoms with Crippen molar-refractivity contribution in [2.45, 2.75) is 18.9 Å². The predicted molar refractivity (Wildman–Crippen MR) is 74.8 cm³/mol. The van der Waals surface area contributed by atoms with Gasteiger partial charge in [0, 0.05) is 23.2 Å². The highest BCUT2D eigenvalue weighted by Gasteiger charge is 2.22. The van der Waals surface area contributed by atoms with Crippen LogP contribution in [-0.2, 0) is 4.79 Å². The zero-order chi connectivity index (χ0) is 13.2. The molecule has 2 aromatic rings. The molecular weight excluding hydrogens is 240 g/mol. The summed E-state index contributed by atoms with van der Waals surface area (Å²) >= 11 is 0. The van der Waals surface area contributed by atoms with E-state index < -0.39 is 0 Å². The van der Waals surface area contributed by atoms with Crippen molar-refractivity contribution < 1.29 is 4.79 Å². The molecule has 0 unspecified atom stereocenters. The molecule has 4 nitrogen and oxygen atoms in total. The van der Waals surface area contributed by atoms with Gasteiger partial charge >= 0.3 is 0 Å². The maximum atomic E-state index is 11.8. The first-order valence-electron chi connectivity index (χ1n) is 6.33. The fourth-order valence-corrected chi connectivity index (χ4v) is 1.93. The molecule has 1 heterocycles. The smallest absolute Gasteiger partial charge is 0.255 e. The van der Waals surface area contributed by atoms with E-state index in [0.29, 0.717) is 11.6 Å². The van der Waals surface area contributed by atoms with Crippen LogP contribution in [0.2, 0.25) is 0 Å². The number of fused-ring (bicyclic) bond motifs is 1. The lowest BCUT2D eigenvalue weighted by Gasteiger charge is -1.99. The van der Waals surface area contributed by atoms with Crippen molar-refractivity contribution in [1.29, 1.82) is 0 Å².